The molecule has 2 aromatic rings. The third-order valence-corrected chi connectivity index (χ3v) is 5.27. The van der Waals surface area contributed by atoms with Gasteiger partial charge in [0.1, 0.15) is 0 Å². The zero-order valence-corrected chi connectivity index (χ0v) is 17.3. The smallest absolute Gasteiger partial charge is 0.338 e. The molecule has 2 aromatic carbocycles. The minimum atomic E-state index is -3.34. The van der Waals surface area contributed by atoms with Crippen LogP contribution in [0.2, 0.25) is 0 Å². The van der Waals surface area contributed by atoms with E-state index in [4.69, 9.17) is 4.74 Å². The zero-order chi connectivity index (χ0) is 20.9. The summed E-state index contributed by atoms with van der Waals surface area (Å²) in [5, 5.41) is 0. The molecule has 150 valence electrons. The molecule has 0 saturated carbocycles. The first-order valence-electron chi connectivity index (χ1n) is 8.80. The van der Waals surface area contributed by atoms with Crippen LogP contribution in [-0.4, -0.2) is 43.6 Å². The number of hydrogen-bond donors (Lipinski definition) is 0. The third-order valence-electron chi connectivity index (χ3n) is 4.14. The van der Waals surface area contributed by atoms with Crippen molar-refractivity contribution in [2.45, 2.75) is 37.8 Å². The molecule has 0 aliphatic heterocycles. The van der Waals surface area contributed by atoms with E-state index in [0.29, 0.717) is 6.54 Å². The molecule has 0 aliphatic rings. The number of rotatable bonds is 6. The Kier molecular flexibility index (Phi) is 6.61. The molecule has 6 nitrogen and oxygen atoms in total. The lowest BCUT2D eigenvalue weighted by Gasteiger charge is -2.35. The first-order valence-corrected chi connectivity index (χ1v) is 10.7. The van der Waals surface area contributed by atoms with Crippen LogP contribution >= 0.6 is 0 Å². The first kappa shape index (κ1) is 21.6. The van der Waals surface area contributed by atoms with E-state index in [2.05, 4.69) is 0 Å². The quantitative estimate of drug-likeness (QED) is 0.693. The predicted octanol–water partition coefficient (Wildman–Crippen LogP) is 3.07. The van der Waals surface area contributed by atoms with Gasteiger partial charge in [-0.15, -0.1) is 0 Å². The Labute approximate surface area is 166 Å². The van der Waals surface area contributed by atoms with Crippen LogP contribution in [0.25, 0.3) is 0 Å². The van der Waals surface area contributed by atoms with E-state index >= 15 is 0 Å². The highest BCUT2D eigenvalue weighted by Gasteiger charge is 2.27. The van der Waals surface area contributed by atoms with Gasteiger partial charge in [-0.2, -0.15) is 0 Å². The minimum Gasteiger partial charge on any atom is -0.452 e. The van der Waals surface area contributed by atoms with Gasteiger partial charge in [0.2, 0.25) is 0 Å². The number of nitrogens with zero attached hydrogens (tertiary/aromatic N) is 1. The van der Waals surface area contributed by atoms with Crippen molar-refractivity contribution >= 4 is 21.7 Å². The zero-order valence-electron chi connectivity index (χ0n) is 16.5. The molecular weight excluding hydrogens is 378 g/mol. The van der Waals surface area contributed by atoms with Crippen LogP contribution < -0.4 is 0 Å². The van der Waals surface area contributed by atoms with Gasteiger partial charge in [0, 0.05) is 18.3 Å². The standard InChI is InChI=1S/C21H25NO5S/c1-21(2,3)22(14-16-8-6-5-7-9-16)19(23)15-27-20(24)17-10-12-18(13-11-17)28(4,25)26/h5-13H,14-15H2,1-4H3. The van der Waals surface area contributed by atoms with Gasteiger partial charge in [0.25, 0.3) is 5.91 Å². The summed E-state index contributed by atoms with van der Waals surface area (Å²) >= 11 is 0. The van der Waals surface area contributed by atoms with Crippen molar-refractivity contribution in [3.05, 3.63) is 65.7 Å². The van der Waals surface area contributed by atoms with Crippen LogP contribution in [0.3, 0.4) is 0 Å². The summed E-state index contributed by atoms with van der Waals surface area (Å²) in [4.78, 5) is 26.7. The summed E-state index contributed by atoms with van der Waals surface area (Å²) in [7, 11) is -3.34. The molecule has 2 rings (SSSR count). The van der Waals surface area contributed by atoms with Crippen LogP contribution in [0.15, 0.2) is 59.5 Å². The number of amides is 1. The summed E-state index contributed by atoms with van der Waals surface area (Å²) in [6.45, 7) is 5.76. The second kappa shape index (κ2) is 8.56. The highest BCUT2D eigenvalue weighted by molar-refractivity contribution is 7.90. The van der Waals surface area contributed by atoms with Crippen LogP contribution in [0, 0.1) is 0 Å². The normalized spacial score (nSPS) is 11.7. The highest BCUT2D eigenvalue weighted by Crippen LogP contribution is 2.18. The van der Waals surface area contributed by atoms with Gasteiger partial charge >= 0.3 is 5.97 Å². The molecule has 0 saturated heterocycles. The fourth-order valence-corrected chi connectivity index (χ4v) is 3.22. The minimum absolute atomic E-state index is 0.113. The number of carbonyl (C=O) groups is 2. The van der Waals surface area contributed by atoms with Gasteiger partial charge in [-0.1, -0.05) is 30.3 Å². The molecule has 0 aliphatic carbocycles. The summed E-state index contributed by atoms with van der Waals surface area (Å²) in [6, 6.07) is 15.0. The lowest BCUT2D eigenvalue weighted by atomic mass is 10.0. The molecule has 0 atom stereocenters. The van der Waals surface area contributed by atoms with Gasteiger partial charge in [0.05, 0.1) is 10.5 Å². The van der Waals surface area contributed by atoms with Crippen molar-refractivity contribution < 1.29 is 22.7 Å². The number of carbonyl (C=O) groups excluding carboxylic acids is 2. The largest absolute Gasteiger partial charge is 0.452 e. The molecule has 0 heterocycles. The van der Waals surface area contributed by atoms with Gasteiger partial charge in [-0.05, 0) is 50.6 Å². The fraction of sp³-hybridized carbons (Fsp3) is 0.333. The maximum atomic E-state index is 12.7. The molecule has 0 radical (unpaired) electrons. The maximum Gasteiger partial charge on any atom is 0.338 e. The summed E-state index contributed by atoms with van der Waals surface area (Å²) < 4.78 is 28.1. The lowest BCUT2D eigenvalue weighted by Crippen LogP contribution is -2.46. The molecule has 0 spiro atoms. The second-order valence-corrected chi connectivity index (χ2v) is 9.52. The van der Waals surface area contributed by atoms with Crippen molar-refractivity contribution in [2.75, 3.05) is 12.9 Å². The van der Waals surface area contributed by atoms with E-state index in [1.54, 1.807) is 4.90 Å². The van der Waals surface area contributed by atoms with Crippen LogP contribution in [0.1, 0.15) is 36.7 Å². The fourth-order valence-electron chi connectivity index (χ4n) is 2.59. The number of hydrogen-bond acceptors (Lipinski definition) is 5. The second-order valence-electron chi connectivity index (χ2n) is 7.51. The van der Waals surface area contributed by atoms with Crippen molar-refractivity contribution in [1.29, 1.82) is 0 Å². The van der Waals surface area contributed by atoms with Gasteiger partial charge < -0.3 is 9.64 Å². The summed E-state index contributed by atoms with van der Waals surface area (Å²) in [5.74, 6) is -0.987. The van der Waals surface area contributed by atoms with Crippen LogP contribution in [0.5, 0.6) is 0 Å². The number of ether oxygens (including phenoxy) is 1. The van der Waals surface area contributed by atoms with E-state index in [1.165, 1.54) is 24.3 Å². The van der Waals surface area contributed by atoms with Crippen molar-refractivity contribution in [3.63, 3.8) is 0 Å². The molecule has 0 fully saturated rings. The Morgan fingerprint density at radius 2 is 1.54 bits per heavy atom. The van der Waals surface area contributed by atoms with E-state index in [-0.39, 0.29) is 16.4 Å². The molecule has 1 amide bonds. The summed E-state index contributed by atoms with van der Waals surface area (Å²) in [6.07, 6.45) is 1.09. The molecule has 28 heavy (non-hydrogen) atoms. The van der Waals surface area contributed by atoms with E-state index < -0.39 is 28.0 Å². The molecule has 0 N–H and O–H groups in total. The lowest BCUT2D eigenvalue weighted by molar-refractivity contribution is -0.140. The maximum absolute atomic E-state index is 12.7. The molecule has 0 aromatic heterocycles. The monoisotopic (exact) mass is 403 g/mol. The topological polar surface area (TPSA) is 80.8 Å². The van der Waals surface area contributed by atoms with Crippen LogP contribution in [-0.2, 0) is 25.9 Å². The molecule has 7 heteroatoms. The van der Waals surface area contributed by atoms with Crippen molar-refractivity contribution in [3.8, 4) is 0 Å². The number of esters is 1. The van der Waals surface area contributed by atoms with Gasteiger partial charge in [-0.3, -0.25) is 4.79 Å². The Morgan fingerprint density at radius 1 is 0.964 bits per heavy atom. The Morgan fingerprint density at radius 3 is 2.04 bits per heavy atom. The van der Waals surface area contributed by atoms with Crippen LogP contribution in [0.4, 0.5) is 0 Å². The Hall–Kier alpha value is -2.67. The first-order chi connectivity index (χ1) is 13.0. The molecule has 0 bridgehead atoms. The average Bonchev–Trinajstić information content (AvgIpc) is 2.63. The predicted molar refractivity (Wildman–Crippen MR) is 107 cm³/mol. The summed E-state index contributed by atoms with van der Waals surface area (Å²) in [5.41, 5.74) is 0.718. The van der Waals surface area contributed by atoms with Crippen molar-refractivity contribution in [2.24, 2.45) is 0 Å². The van der Waals surface area contributed by atoms with Gasteiger partial charge in [-0.25, -0.2) is 13.2 Å². The van der Waals surface area contributed by atoms with Crippen molar-refractivity contribution in [1.82, 2.24) is 4.90 Å². The molecule has 0 unspecified atom stereocenters. The molecular formula is C21H25NO5S. The van der Waals surface area contributed by atoms with E-state index in [0.717, 1.165) is 11.8 Å². The SMILES string of the molecule is CC(C)(C)N(Cc1ccccc1)C(=O)COC(=O)c1ccc(S(C)(=O)=O)cc1. The van der Waals surface area contributed by atoms with E-state index in [1.807, 2.05) is 51.1 Å². The average molecular weight is 404 g/mol. The number of sulfone groups is 1. The Bertz CT molecular complexity index is 929. The van der Waals surface area contributed by atoms with E-state index in [9.17, 15) is 18.0 Å². The number of benzene rings is 2. The van der Waals surface area contributed by atoms with Gasteiger partial charge in [0.15, 0.2) is 16.4 Å². The Balaban J connectivity index is 2.04. The highest BCUT2D eigenvalue weighted by atomic mass is 32.2. The third kappa shape index (κ3) is 5.92.